The maximum absolute atomic E-state index is 14.5. The highest BCUT2D eigenvalue weighted by atomic mass is 32.2. The fourth-order valence-electron chi connectivity index (χ4n) is 5.27. The van der Waals surface area contributed by atoms with Crippen molar-refractivity contribution in [2.45, 2.75) is 23.4 Å². The maximum Gasteiger partial charge on any atom is 0.246 e. The van der Waals surface area contributed by atoms with Gasteiger partial charge in [0, 0.05) is 25.2 Å². The zero-order valence-corrected chi connectivity index (χ0v) is 18.5. The lowest BCUT2D eigenvalue weighted by atomic mass is 9.81. The summed E-state index contributed by atoms with van der Waals surface area (Å²) in [5, 5.41) is 10.1. The van der Waals surface area contributed by atoms with Gasteiger partial charge in [-0.05, 0) is 47.4 Å². The van der Waals surface area contributed by atoms with Crippen molar-refractivity contribution < 1.29 is 17.9 Å². The average Bonchev–Trinajstić information content (AvgIpc) is 3.26. The number of anilines is 1. The lowest BCUT2D eigenvalue weighted by Gasteiger charge is -2.44. The van der Waals surface area contributed by atoms with Crippen LogP contribution in [-0.4, -0.2) is 44.1 Å². The van der Waals surface area contributed by atoms with Crippen molar-refractivity contribution in [1.82, 2.24) is 4.31 Å². The molecule has 3 aromatic carbocycles. The summed E-state index contributed by atoms with van der Waals surface area (Å²) >= 11 is 0. The highest BCUT2D eigenvalue weighted by Crippen LogP contribution is 2.51. The Kier molecular flexibility index (Phi) is 5.28. The van der Waals surface area contributed by atoms with Crippen LogP contribution in [0.4, 0.5) is 10.1 Å². The fourth-order valence-corrected chi connectivity index (χ4v) is 7.00. The minimum absolute atomic E-state index is 0.0782. The van der Waals surface area contributed by atoms with Gasteiger partial charge in [0.1, 0.15) is 10.7 Å². The number of nitrogens with zero attached hydrogens (tertiary/aromatic N) is 2. The van der Waals surface area contributed by atoms with Crippen molar-refractivity contribution in [1.29, 1.82) is 0 Å². The van der Waals surface area contributed by atoms with E-state index in [4.69, 9.17) is 0 Å². The van der Waals surface area contributed by atoms with E-state index in [1.807, 2.05) is 60.5 Å². The molecule has 0 unspecified atom stereocenters. The number of likely N-dealkylation sites (N-methyl/N-ethyl adjacent to an activating group) is 1. The second kappa shape index (κ2) is 7.99. The Bertz CT molecular complexity index is 1250. The van der Waals surface area contributed by atoms with Gasteiger partial charge in [-0.2, -0.15) is 4.31 Å². The zero-order valence-electron chi connectivity index (χ0n) is 17.7. The standard InChI is InChI=1S/C25H25FN2O3S/c1-27-22-12-11-18(17-7-3-2-4-8-17)15-20(22)25-19(23(27)16-29)13-14-28(25)32(30,31)24-10-6-5-9-21(24)26/h2-12,15,19,23,25,29H,13-14,16H2,1H3/t19-,23-,25-/m1/s1. The number of sulfonamides is 1. The summed E-state index contributed by atoms with van der Waals surface area (Å²) in [6.45, 7) is 0.205. The van der Waals surface area contributed by atoms with Crippen molar-refractivity contribution >= 4 is 15.7 Å². The summed E-state index contributed by atoms with van der Waals surface area (Å²) in [5.74, 6) is -0.842. The molecule has 5 nitrogen and oxygen atoms in total. The molecule has 3 aromatic rings. The number of aliphatic hydroxyl groups excluding tert-OH is 1. The molecule has 32 heavy (non-hydrogen) atoms. The van der Waals surface area contributed by atoms with E-state index in [0.717, 1.165) is 22.4 Å². The summed E-state index contributed by atoms with van der Waals surface area (Å²) in [5.41, 5.74) is 3.82. The number of hydrogen-bond acceptors (Lipinski definition) is 4. The van der Waals surface area contributed by atoms with Crippen LogP contribution >= 0.6 is 0 Å². The Morgan fingerprint density at radius 2 is 1.72 bits per heavy atom. The molecule has 7 heteroatoms. The van der Waals surface area contributed by atoms with E-state index in [1.54, 1.807) is 0 Å². The molecular weight excluding hydrogens is 427 g/mol. The SMILES string of the molecule is CN1c2ccc(-c3ccccc3)cc2[C@H]2[C@H](CCN2S(=O)(=O)c2ccccc2F)[C@H]1CO. The number of aliphatic hydroxyl groups is 1. The van der Waals surface area contributed by atoms with Crippen LogP contribution in [0, 0.1) is 11.7 Å². The van der Waals surface area contributed by atoms with Crippen LogP contribution in [0.25, 0.3) is 11.1 Å². The molecule has 0 aliphatic carbocycles. The van der Waals surface area contributed by atoms with Crippen molar-refractivity contribution in [3.8, 4) is 11.1 Å². The van der Waals surface area contributed by atoms with Crippen LogP contribution in [0.5, 0.6) is 0 Å². The third-order valence-electron chi connectivity index (χ3n) is 6.83. The molecule has 0 radical (unpaired) electrons. The van der Waals surface area contributed by atoms with E-state index in [1.165, 1.54) is 28.6 Å². The van der Waals surface area contributed by atoms with Crippen molar-refractivity contribution in [2.24, 2.45) is 5.92 Å². The van der Waals surface area contributed by atoms with Gasteiger partial charge in [0.2, 0.25) is 10.0 Å². The Morgan fingerprint density at radius 3 is 2.44 bits per heavy atom. The van der Waals surface area contributed by atoms with Crippen molar-refractivity contribution in [3.05, 3.63) is 84.2 Å². The predicted molar refractivity (Wildman–Crippen MR) is 122 cm³/mol. The summed E-state index contributed by atoms with van der Waals surface area (Å²) in [4.78, 5) is 1.74. The summed E-state index contributed by atoms with van der Waals surface area (Å²) in [6, 6.07) is 20.8. The minimum Gasteiger partial charge on any atom is -0.394 e. The molecule has 3 atom stereocenters. The van der Waals surface area contributed by atoms with E-state index in [-0.39, 0.29) is 30.0 Å². The van der Waals surface area contributed by atoms with Gasteiger partial charge in [-0.3, -0.25) is 0 Å². The Morgan fingerprint density at radius 1 is 1.00 bits per heavy atom. The zero-order chi connectivity index (χ0) is 22.5. The molecule has 5 rings (SSSR count). The normalized spacial score (nSPS) is 23.1. The summed E-state index contributed by atoms with van der Waals surface area (Å²) < 4.78 is 43.0. The first-order valence-corrected chi connectivity index (χ1v) is 12.2. The van der Waals surface area contributed by atoms with Crippen LogP contribution in [-0.2, 0) is 10.0 Å². The topological polar surface area (TPSA) is 60.9 Å². The molecule has 0 amide bonds. The lowest BCUT2D eigenvalue weighted by Crippen LogP contribution is -2.48. The molecule has 166 valence electrons. The second-order valence-electron chi connectivity index (χ2n) is 8.44. The van der Waals surface area contributed by atoms with Gasteiger partial charge in [-0.25, -0.2) is 12.8 Å². The maximum atomic E-state index is 14.5. The lowest BCUT2D eigenvalue weighted by molar-refractivity contribution is 0.193. The van der Waals surface area contributed by atoms with Gasteiger partial charge < -0.3 is 10.0 Å². The van der Waals surface area contributed by atoms with E-state index in [0.29, 0.717) is 6.42 Å². The number of halogens is 1. The molecule has 0 bridgehead atoms. The number of hydrogen-bond donors (Lipinski definition) is 1. The number of benzene rings is 3. The van der Waals surface area contributed by atoms with Crippen molar-refractivity contribution in [3.63, 3.8) is 0 Å². The van der Waals surface area contributed by atoms with Gasteiger partial charge >= 0.3 is 0 Å². The number of fused-ring (bicyclic) bond motifs is 3. The van der Waals surface area contributed by atoms with E-state index < -0.39 is 21.9 Å². The highest BCUT2D eigenvalue weighted by molar-refractivity contribution is 7.89. The quantitative estimate of drug-likeness (QED) is 0.649. The highest BCUT2D eigenvalue weighted by Gasteiger charge is 2.50. The summed E-state index contributed by atoms with van der Waals surface area (Å²) in [7, 11) is -2.11. The molecule has 2 aliphatic rings. The first-order valence-electron chi connectivity index (χ1n) is 10.7. The molecule has 1 saturated heterocycles. The van der Waals surface area contributed by atoms with Crippen LogP contribution in [0.1, 0.15) is 18.0 Å². The first kappa shape index (κ1) is 21.1. The first-order chi connectivity index (χ1) is 15.4. The van der Waals surface area contributed by atoms with Crippen LogP contribution in [0.2, 0.25) is 0 Å². The molecule has 1 N–H and O–H groups in total. The van der Waals surface area contributed by atoms with Gasteiger partial charge in [-0.1, -0.05) is 48.5 Å². The average molecular weight is 453 g/mol. The van der Waals surface area contributed by atoms with Crippen LogP contribution < -0.4 is 4.90 Å². The Labute approximate surface area is 187 Å². The predicted octanol–water partition coefficient (Wildman–Crippen LogP) is 4.06. The Balaban J connectivity index is 1.66. The van der Waals surface area contributed by atoms with Crippen LogP contribution in [0.15, 0.2) is 77.7 Å². The molecule has 0 aromatic heterocycles. The Hall–Kier alpha value is -2.74. The molecule has 2 heterocycles. The molecule has 0 spiro atoms. The molecule has 0 saturated carbocycles. The monoisotopic (exact) mass is 452 g/mol. The fraction of sp³-hybridized carbons (Fsp3) is 0.280. The smallest absolute Gasteiger partial charge is 0.246 e. The summed E-state index contributed by atoms with van der Waals surface area (Å²) in [6.07, 6.45) is 0.600. The number of rotatable bonds is 4. The largest absolute Gasteiger partial charge is 0.394 e. The third kappa shape index (κ3) is 3.23. The minimum atomic E-state index is -4.05. The molecular formula is C25H25FN2O3S. The van der Waals surface area contributed by atoms with E-state index >= 15 is 0 Å². The van der Waals surface area contributed by atoms with Gasteiger partial charge in [0.15, 0.2) is 0 Å². The van der Waals surface area contributed by atoms with Crippen molar-refractivity contribution in [2.75, 3.05) is 25.1 Å². The van der Waals surface area contributed by atoms with Gasteiger partial charge in [0.05, 0.1) is 18.7 Å². The van der Waals surface area contributed by atoms with Crippen LogP contribution in [0.3, 0.4) is 0 Å². The van der Waals surface area contributed by atoms with E-state index in [9.17, 15) is 17.9 Å². The molecule has 1 fully saturated rings. The van der Waals surface area contributed by atoms with Gasteiger partial charge in [-0.15, -0.1) is 0 Å². The van der Waals surface area contributed by atoms with Gasteiger partial charge in [0.25, 0.3) is 0 Å². The molecule has 2 aliphatic heterocycles. The third-order valence-corrected chi connectivity index (χ3v) is 8.75. The second-order valence-corrected chi connectivity index (χ2v) is 10.3. The van der Waals surface area contributed by atoms with E-state index in [2.05, 4.69) is 0 Å².